The summed E-state index contributed by atoms with van der Waals surface area (Å²) in [5.74, 6) is 0.276. The van der Waals surface area contributed by atoms with E-state index in [1.165, 1.54) is 50.5 Å². The Hall–Kier alpha value is -1.77. The highest BCUT2D eigenvalue weighted by molar-refractivity contribution is 5.86. The van der Waals surface area contributed by atoms with Gasteiger partial charge in [0.25, 0.3) is 0 Å². The lowest BCUT2D eigenvalue weighted by molar-refractivity contribution is -0.156. The molecule has 0 saturated carbocycles. The fraction of sp³-hybridized carbons (Fsp3) is 0.571. The molecule has 24 heavy (non-hydrogen) atoms. The van der Waals surface area contributed by atoms with Crippen molar-refractivity contribution in [2.75, 3.05) is 0 Å². The highest BCUT2D eigenvalue weighted by Crippen LogP contribution is 2.17. The summed E-state index contributed by atoms with van der Waals surface area (Å²) in [4.78, 5) is 11.4. The number of hydrogen-bond acceptors (Lipinski definition) is 3. The molecule has 0 fully saturated rings. The molecule has 0 aromatic heterocycles. The molecule has 3 nitrogen and oxygen atoms in total. The van der Waals surface area contributed by atoms with Crippen LogP contribution in [0.1, 0.15) is 71.3 Å². The minimum Gasteiger partial charge on any atom is -0.455 e. The second kappa shape index (κ2) is 11.7. The molecule has 0 saturated heterocycles. The molecular formula is C21H32O3. The van der Waals surface area contributed by atoms with Crippen LogP contribution >= 0.6 is 0 Å². The number of rotatable bonds is 12. The van der Waals surface area contributed by atoms with Crippen molar-refractivity contribution in [1.82, 2.24) is 0 Å². The van der Waals surface area contributed by atoms with Crippen molar-refractivity contribution >= 4 is 5.97 Å². The minimum atomic E-state index is -0.622. The van der Waals surface area contributed by atoms with Gasteiger partial charge >= 0.3 is 5.97 Å². The van der Waals surface area contributed by atoms with Crippen molar-refractivity contribution in [1.29, 1.82) is 0 Å². The van der Waals surface area contributed by atoms with Crippen molar-refractivity contribution < 1.29 is 14.3 Å². The van der Waals surface area contributed by atoms with E-state index >= 15 is 0 Å². The summed E-state index contributed by atoms with van der Waals surface area (Å²) in [5, 5.41) is 0. The van der Waals surface area contributed by atoms with Gasteiger partial charge in [0.2, 0.25) is 6.29 Å². The third-order valence-corrected chi connectivity index (χ3v) is 3.92. The highest BCUT2D eigenvalue weighted by Gasteiger charge is 2.11. The lowest BCUT2D eigenvalue weighted by Crippen LogP contribution is -2.21. The Kier molecular flexibility index (Phi) is 9.90. The molecule has 0 aliphatic rings. The van der Waals surface area contributed by atoms with Crippen LogP contribution in [0.25, 0.3) is 0 Å². The van der Waals surface area contributed by atoms with Gasteiger partial charge < -0.3 is 9.47 Å². The summed E-state index contributed by atoms with van der Waals surface area (Å²) in [6.07, 6.45) is 9.76. The van der Waals surface area contributed by atoms with Crippen LogP contribution in [0.4, 0.5) is 0 Å². The molecule has 0 aliphatic carbocycles. The van der Waals surface area contributed by atoms with Crippen LogP contribution in [0.3, 0.4) is 0 Å². The van der Waals surface area contributed by atoms with Gasteiger partial charge in [-0.05, 0) is 37.5 Å². The van der Waals surface area contributed by atoms with Gasteiger partial charge in [-0.3, -0.25) is 0 Å². The molecule has 0 spiro atoms. The molecule has 0 aliphatic heterocycles. The van der Waals surface area contributed by atoms with Crippen LogP contribution in [0.15, 0.2) is 36.4 Å². The first-order valence-electron chi connectivity index (χ1n) is 9.15. The third kappa shape index (κ3) is 8.76. The van der Waals surface area contributed by atoms with Crippen LogP contribution in [0.2, 0.25) is 0 Å². The van der Waals surface area contributed by atoms with E-state index in [0.717, 1.165) is 6.42 Å². The van der Waals surface area contributed by atoms with Crippen molar-refractivity contribution in [2.45, 2.75) is 78.4 Å². The van der Waals surface area contributed by atoms with Gasteiger partial charge in [0, 0.05) is 12.5 Å². The number of carbonyl (C=O) groups excluding carboxylic acids is 1. The molecule has 0 heterocycles. The molecule has 1 rings (SSSR count). The van der Waals surface area contributed by atoms with Gasteiger partial charge in [0.1, 0.15) is 5.75 Å². The maximum atomic E-state index is 11.4. The minimum absolute atomic E-state index is 0.371. The second-order valence-corrected chi connectivity index (χ2v) is 6.39. The van der Waals surface area contributed by atoms with Gasteiger partial charge in [0.15, 0.2) is 0 Å². The Morgan fingerprint density at radius 1 is 1.04 bits per heavy atom. The van der Waals surface area contributed by atoms with Crippen LogP contribution in [0.5, 0.6) is 5.75 Å². The van der Waals surface area contributed by atoms with Crippen LogP contribution in [0, 0.1) is 0 Å². The molecule has 3 heteroatoms. The molecule has 0 amide bonds. The second-order valence-electron chi connectivity index (χ2n) is 6.39. The van der Waals surface area contributed by atoms with E-state index in [1.807, 2.05) is 12.1 Å². The van der Waals surface area contributed by atoms with E-state index < -0.39 is 12.3 Å². The van der Waals surface area contributed by atoms with E-state index in [1.54, 1.807) is 13.8 Å². The molecular weight excluding hydrogens is 300 g/mol. The predicted octanol–water partition coefficient (Wildman–Crippen LogP) is 5.82. The SMILES string of the molecule is C=C(C)C(=O)OC(C)Oc1ccc(CCCCCCCCC)cc1. The number of carbonyl (C=O) groups is 1. The van der Waals surface area contributed by atoms with Crippen molar-refractivity contribution in [3.63, 3.8) is 0 Å². The number of ether oxygens (including phenoxy) is 2. The Labute approximate surface area is 147 Å². The van der Waals surface area contributed by atoms with Crippen molar-refractivity contribution in [3.05, 3.63) is 42.0 Å². The van der Waals surface area contributed by atoms with E-state index in [-0.39, 0.29) is 0 Å². The molecule has 1 atom stereocenters. The lowest BCUT2D eigenvalue weighted by atomic mass is 10.0. The van der Waals surface area contributed by atoms with E-state index in [4.69, 9.17) is 9.47 Å². The third-order valence-electron chi connectivity index (χ3n) is 3.92. The molecule has 0 bridgehead atoms. The largest absolute Gasteiger partial charge is 0.455 e. The lowest BCUT2D eigenvalue weighted by Gasteiger charge is -2.15. The molecule has 134 valence electrons. The van der Waals surface area contributed by atoms with Crippen molar-refractivity contribution in [2.24, 2.45) is 0 Å². The maximum absolute atomic E-state index is 11.4. The molecule has 1 aromatic rings. The Bertz CT molecular complexity index is 490. The van der Waals surface area contributed by atoms with Crippen LogP contribution < -0.4 is 4.74 Å². The summed E-state index contributed by atoms with van der Waals surface area (Å²) in [6, 6.07) is 8.03. The predicted molar refractivity (Wildman–Crippen MR) is 99.1 cm³/mol. The summed E-state index contributed by atoms with van der Waals surface area (Å²) < 4.78 is 10.7. The standard InChI is InChI=1S/C21H32O3/c1-5-6-7-8-9-10-11-12-19-13-15-20(16-14-19)23-18(4)24-21(22)17(2)3/h13-16,18H,2,5-12H2,1,3-4H3. The first-order chi connectivity index (χ1) is 11.5. The molecule has 1 unspecified atom stereocenters. The smallest absolute Gasteiger partial charge is 0.336 e. The Balaban J connectivity index is 2.25. The summed E-state index contributed by atoms with van der Waals surface area (Å²) >= 11 is 0. The molecule has 0 N–H and O–H groups in total. The fourth-order valence-corrected chi connectivity index (χ4v) is 2.49. The zero-order valence-electron chi connectivity index (χ0n) is 15.5. The quantitative estimate of drug-likeness (QED) is 0.209. The first-order valence-corrected chi connectivity index (χ1v) is 9.15. The van der Waals surface area contributed by atoms with Gasteiger partial charge in [-0.2, -0.15) is 0 Å². The summed E-state index contributed by atoms with van der Waals surface area (Å²) in [5.41, 5.74) is 1.69. The first kappa shape index (κ1) is 20.3. The average Bonchev–Trinajstić information content (AvgIpc) is 2.55. The van der Waals surface area contributed by atoms with Gasteiger partial charge in [-0.15, -0.1) is 0 Å². The Morgan fingerprint density at radius 2 is 1.62 bits per heavy atom. The number of aryl methyl sites for hydroxylation is 1. The number of hydrogen-bond donors (Lipinski definition) is 0. The fourth-order valence-electron chi connectivity index (χ4n) is 2.49. The van der Waals surface area contributed by atoms with Gasteiger partial charge in [-0.1, -0.05) is 64.2 Å². The normalized spacial score (nSPS) is 11.8. The maximum Gasteiger partial charge on any atom is 0.336 e. The summed E-state index contributed by atoms with van der Waals surface area (Å²) in [6.45, 7) is 9.12. The zero-order chi connectivity index (χ0) is 17.8. The molecule has 0 radical (unpaired) electrons. The zero-order valence-corrected chi connectivity index (χ0v) is 15.5. The average molecular weight is 332 g/mol. The molecule has 1 aromatic carbocycles. The van der Waals surface area contributed by atoms with Crippen LogP contribution in [-0.2, 0) is 16.0 Å². The van der Waals surface area contributed by atoms with Gasteiger partial charge in [0.05, 0.1) is 0 Å². The number of esters is 1. The topological polar surface area (TPSA) is 35.5 Å². The van der Waals surface area contributed by atoms with E-state index in [9.17, 15) is 4.79 Å². The van der Waals surface area contributed by atoms with Gasteiger partial charge in [-0.25, -0.2) is 4.79 Å². The van der Waals surface area contributed by atoms with Crippen molar-refractivity contribution in [3.8, 4) is 5.75 Å². The Morgan fingerprint density at radius 3 is 2.21 bits per heavy atom. The summed E-state index contributed by atoms with van der Waals surface area (Å²) in [7, 11) is 0. The van der Waals surface area contributed by atoms with Crippen LogP contribution in [-0.4, -0.2) is 12.3 Å². The highest BCUT2D eigenvalue weighted by atomic mass is 16.7. The van der Waals surface area contributed by atoms with E-state index in [2.05, 4.69) is 25.6 Å². The number of unbranched alkanes of at least 4 members (excludes halogenated alkanes) is 6. The van der Waals surface area contributed by atoms with E-state index in [0.29, 0.717) is 11.3 Å². The monoisotopic (exact) mass is 332 g/mol. The number of benzene rings is 1.